The number of sulfonamides is 1. The van der Waals surface area contributed by atoms with Gasteiger partial charge in [-0.2, -0.15) is 4.31 Å². The fourth-order valence-corrected chi connectivity index (χ4v) is 5.75. The minimum Gasteiger partial charge on any atom is -0.478 e. The molecule has 3 aromatic carbocycles. The lowest BCUT2D eigenvalue weighted by atomic mass is 10.2. The van der Waals surface area contributed by atoms with Crippen molar-refractivity contribution in [2.75, 3.05) is 38.1 Å². The fourth-order valence-electron chi connectivity index (χ4n) is 4.10. The van der Waals surface area contributed by atoms with Gasteiger partial charge in [-0.1, -0.05) is 60.7 Å². The van der Waals surface area contributed by atoms with Crippen LogP contribution in [0.5, 0.6) is 0 Å². The smallest absolute Gasteiger partial charge is 0.335 e. The zero-order valence-electron chi connectivity index (χ0n) is 19.2. The van der Waals surface area contributed by atoms with Crippen molar-refractivity contribution >= 4 is 21.7 Å². The van der Waals surface area contributed by atoms with Crippen LogP contribution in [0.2, 0.25) is 0 Å². The Labute approximate surface area is 200 Å². The Hall–Kier alpha value is -3.20. The Morgan fingerprint density at radius 1 is 0.853 bits per heavy atom. The van der Waals surface area contributed by atoms with Gasteiger partial charge in [-0.25, -0.2) is 13.2 Å². The lowest BCUT2D eigenvalue weighted by Crippen LogP contribution is -2.45. The predicted molar refractivity (Wildman–Crippen MR) is 132 cm³/mol. The number of carboxylic acid groups (broad SMARTS) is 1. The van der Waals surface area contributed by atoms with Crippen molar-refractivity contribution < 1.29 is 18.3 Å². The minimum absolute atomic E-state index is 0.0313. The molecule has 178 valence electrons. The van der Waals surface area contributed by atoms with Crippen LogP contribution >= 0.6 is 0 Å². The predicted octanol–water partition coefficient (Wildman–Crippen LogP) is 3.53. The molecule has 4 rings (SSSR count). The Morgan fingerprint density at radius 2 is 1.38 bits per heavy atom. The molecule has 0 atom stereocenters. The summed E-state index contributed by atoms with van der Waals surface area (Å²) in [6, 6.07) is 23.3. The van der Waals surface area contributed by atoms with Crippen LogP contribution in [0, 0.1) is 0 Å². The maximum atomic E-state index is 14.1. The number of likely N-dealkylation sites (N-methyl/N-ethyl adjacent to an activating group) is 1. The first kappa shape index (κ1) is 23.9. The summed E-state index contributed by atoms with van der Waals surface area (Å²) in [5, 5.41) is 9.59. The number of benzene rings is 3. The summed E-state index contributed by atoms with van der Waals surface area (Å²) in [6.07, 6.45) is 0. The van der Waals surface area contributed by atoms with Crippen LogP contribution in [-0.2, 0) is 23.1 Å². The zero-order chi connectivity index (χ0) is 24.1. The monoisotopic (exact) mass is 479 g/mol. The van der Waals surface area contributed by atoms with E-state index in [0.717, 1.165) is 24.2 Å². The third-order valence-corrected chi connectivity index (χ3v) is 7.89. The molecule has 1 aliphatic rings. The number of hydrogen-bond donors (Lipinski definition) is 1. The molecule has 1 N–H and O–H groups in total. The van der Waals surface area contributed by atoms with Crippen molar-refractivity contribution in [3.63, 3.8) is 0 Å². The van der Waals surface area contributed by atoms with E-state index in [-0.39, 0.29) is 23.5 Å². The highest BCUT2D eigenvalue weighted by Gasteiger charge is 2.31. The normalized spacial score (nSPS) is 14.9. The number of rotatable bonds is 8. The van der Waals surface area contributed by atoms with Gasteiger partial charge < -0.3 is 14.9 Å². The molecule has 34 heavy (non-hydrogen) atoms. The van der Waals surface area contributed by atoms with E-state index in [1.807, 2.05) is 72.6 Å². The van der Waals surface area contributed by atoms with Crippen LogP contribution in [-0.4, -0.2) is 61.9 Å². The van der Waals surface area contributed by atoms with Crippen molar-refractivity contribution in [1.29, 1.82) is 0 Å². The topological polar surface area (TPSA) is 81.2 Å². The largest absolute Gasteiger partial charge is 0.478 e. The maximum Gasteiger partial charge on any atom is 0.335 e. The number of carbonyl (C=O) groups is 1. The zero-order valence-corrected chi connectivity index (χ0v) is 20.0. The highest BCUT2D eigenvalue weighted by molar-refractivity contribution is 7.89. The molecule has 7 nitrogen and oxygen atoms in total. The lowest BCUT2D eigenvalue weighted by Gasteiger charge is -2.35. The van der Waals surface area contributed by atoms with Crippen LogP contribution in [0.15, 0.2) is 83.8 Å². The van der Waals surface area contributed by atoms with E-state index in [1.54, 1.807) is 6.07 Å². The summed E-state index contributed by atoms with van der Waals surface area (Å²) in [4.78, 5) is 16.0. The van der Waals surface area contributed by atoms with Gasteiger partial charge in [-0.05, 0) is 36.4 Å². The quantitative estimate of drug-likeness (QED) is 0.532. The average molecular weight is 480 g/mol. The van der Waals surface area contributed by atoms with Crippen LogP contribution in [0.4, 0.5) is 5.69 Å². The lowest BCUT2D eigenvalue weighted by molar-refractivity contribution is 0.0696. The number of hydrogen-bond acceptors (Lipinski definition) is 5. The van der Waals surface area contributed by atoms with Gasteiger partial charge in [0.25, 0.3) is 0 Å². The second-order valence-electron chi connectivity index (χ2n) is 8.52. The second-order valence-corrected chi connectivity index (χ2v) is 10.4. The summed E-state index contributed by atoms with van der Waals surface area (Å²) in [5.74, 6) is -1.15. The van der Waals surface area contributed by atoms with E-state index >= 15 is 0 Å². The first-order valence-corrected chi connectivity index (χ1v) is 12.7. The Morgan fingerprint density at radius 3 is 1.88 bits per heavy atom. The first-order valence-electron chi connectivity index (χ1n) is 11.2. The summed E-state index contributed by atoms with van der Waals surface area (Å²) >= 11 is 0. The minimum atomic E-state index is -4.03. The summed E-state index contributed by atoms with van der Waals surface area (Å²) in [7, 11) is -2.00. The molecular formula is C26H29N3O4S. The highest BCUT2D eigenvalue weighted by Crippen LogP contribution is 2.32. The standard InChI is InChI=1S/C26H29N3O4S/c1-27-14-16-28(17-15-27)24-13-12-23(26(30)31)18-25(24)34(32,33)29(19-21-8-4-2-5-9-21)20-22-10-6-3-7-11-22/h2-13,18H,14-17,19-20H2,1H3,(H,30,31). The molecule has 0 spiro atoms. The molecule has 1 saturated heterocycles. The Bertz CT molecular complexity index is 1180. The number of carboxylic acids is 1. The molecule has 0 unspecified atom stereocenters. The molecule has 0 bridgehead atoms. The van der Waals surface area contributed by atoms with Gasteiger partial charge in [0.05, 0.1) is 11.3 Å². The summed E-state index contributed by atoms with van der Waals surface area (Å²) in [6.45, 7) is 3.30. The van der Waals surface area contributed by atoms with Crippen LogP contribution in [0.3, 0.4) is 0 Å². The van der Waals surface area contributed by atoms with Gasteiger partial charge in [-0.3, -0.25) is 0 Å². The van der Waals surface area contributed by atoms with Crippen LogP contribution < -0.4 is 4.90 Å². The highest BCUT2D eigenvalue weighted by atomic mass is 32.2. The van der Waals surface area contributed by atoms with Gasteiger partial charge in [0.15, 0.2) is 0 Å². The molecule has 1 heterocycles. The number of nitrogens with zero attached hydrogens (tertiary/aromatic N) is 3. The Kier molecular flexibility index (Phi) is 7.31. The molecule has 0 amide bonds. The Balaban J connectivity index is 1.79. The SMILES string of the molecule is CN1CCN(c2ccc(C(=O)O)cc2S(=O)(=O)N(Cc2ccccc2)Cc2ccccc2)CC1. The van der Waals surface area contributed by atoms with Gasteiger partial charge in [-0.15, -0.1) is 0 Å². The van der Waals surface area contributed by atoms with Crippen LogP contribution in [0.25, 0.3) is 0 Å². The molecule has 8 heteroatoms. The number of anilines is 1. The van der Waals surface area contributed by atoms with E-state index in [4.69, 9.17) is 0 Å². The van der Waals surface area contributed by atoms with E-state index in [2.05, 4.69) is 4.90 Å². The van der Waals surface area contributed by atoms with E-state index in [9.17, 15) is 18.3 Å². The molecule has 1 fully saturated rings. The number of piperazine rings is 1. The van der Waals surface area contributed by atoms with Gasteiger partial charge in [0.1, 0.15) is 4.90 Å². The fraction of sp³-hybridized carbons (Fsp3) is 0.269. The third-order valence-electron chi connectivity index (χ3n) is 6.07. The third kappa shape index (κ3) is 5.47. The number of aromatic carboxylic acids is 1. The molecule has 0 aliphatic carbocycles. The molecule has 0 radical (unpaired) electrons. The van der Waals surface area contributed by atoms with Crippen LogP contribution in [0.1, 0.15) is 21.5 Å². The van der Waals surface area contributed by atoms with Crippen molar-refractivity contribution in [3.05, 3.63) is 95.6 Å². The van der Waals surface area contributed by atoms with E-state index in [1.165, 1.54) is 16.4 Å². The molecule has 1 aliphatic heterocycles. The van der Waals surface area contributed by atoms with E-state index < -0.39 is 16.0 Å². The van der Waals surface area contributed by atoms with Crippen molar-refractivity contribution in [2.24, 2.45) is 0 Å². The maximum absolute atomic E-state index is 14.1. The molecule has 0 saturated carbocycles. The molecule has 3 aromatic rings. The molecule has 0 aromatic heterocycles. The second kappa shape index (κ2) is 10.4. The summed E-state index contributed by atoms with van der Waals surface area (Å²) < 4.78 is 29.7. The average Bonchev–Trinajstić information content (AvgIpc) is 2.85. The van der Waals surface area contributed by atoms with Gasteiger partial charge in [0.2, 0.25) is 10.0 Å². The summed E-state index contributed by atoms with van der Waals surface area (Å²) in [5.41, 5.74) is 2.22. The van der Waals surface area contributed by atoms with Crippen molar-refractivity contribution in [2.45, 2.75) is 18.0 Å². The van der Waals surface area contributed by atoms with Gasteiger partial charge >= 0.3 is 5.97 Å². The van der Waals surface area contributed by atoms with E-state index in [0.29, 0.717) is 18.8 Å². The molecular weight excluding hydrogens is 450 g/mol. The first-order chi connectivity index (χ1) is 16.3. The van der Waals surface area contributed by atoms with Crippen molar-refractivity contribution in [1.82, 2.24) is 9.21 Å². The van der Waals surface area contributed by atoms with Gasteiger partial charge in [0, 0.05) is 39.3 Å². The van der Waals surface area contributed by atoms with Crippen molar-refractivity contribution in [3.8, 4) is 0 Å².